The molecule has 3 N–H and O–H groups in total. The van der Waals surface area contributed by atoms with Crippen LogP contribution >= 0.6 is 0 Å². The monoisotopic (exact) mass is 216 g/mol. The van der Waals surface area contributed by atoms with Gasteiger partial charge in [-0.2, -0.15) is 0 Å². The lowest BCUT2D eigenvalue weighted by Gasteiger charge is -2.39. The second-order valence-electron chi connectivity index (χ2n) is 4.33. The van der Waals surface area contributed by atoms with Gasteiger partial charge in [-0.25, -0.2) is 0 Å². The van der Waals surface area contributed by atoms with Crippen molar-refractivity contribution in [3.8, 4) is 0 Å². The van der Waals surface area contributed by atoms with Crippen LogP contribution in [0.3, 0.4) is 0 Å². The predicted octanol–water partition coefficient (Wildman–Crippen LogP) is -0.196. The molecule has 1 heterocycles. The number of unbranched alkanes of at least 4 members (excludes halogenated alkanes) is 2. The van der Waals surface area contributed by atoms with Gasteiger partial charge in [-0.15, -0.1) is 0 Å². The van der Waals surface area contributed by atoms with E-state index in [1.165, 1.54) is 19.3 Å². The highest BCUT2D eigenvalue weighted by molar-refractivity contribution is 4.85. The summed E-state index contributed by atoms with van der Waals surface area (Å²) in [4.78, 5) is 2.30. The quantitative estimate of drug-likeness (QED) is 0.538. The Morgan fingerprint density at radius 1 is 1.27 bits per heavy atom. The van der Waals surface area contributed by atoms with E-state index < -0.39 is 0 Å². The second kappa shape index (κ2) is 7.17. The Labute approximate surface area is 92.3 Å². The van der Waals surface area contributed by atoms with Crippen LogP contribution in [0, 0.1) is 0 Å². The highest BCUT2D eigenvalue weighted by Gasteiger charge is 2.26. The summed E-state index contributed by atoms with van der Waals surface area (Å²) in [5, 5.41) is 21.6. The van der Waals surface area contributed by atoms with E-state index in [1.54, 1.807) is 0 Å². The van der Waals surface area contributed by atoms with Crippen molar-refractivity contribution >= 4 is 0 Å². The van der Waals surface area contributed by atoms with Crippen LogP contribution in [0.2, 0.25) is 0 Å². The lowest BCUT2D eigenvalue weighted by molar-refractivity contribution is 0.0633. The minimum atomic E-state index is 0.175. The van der Waals surface area contributed by atoms with Crippen LogP contribution in [-0.2, 0) is 0 Å². The lowest BCUT2D eigenvalue weighted by atomic mass is 10.1. The van der Waals surface area contributed by atoms with Crippen molar-refractivity contribution in [1.29, 1.82) is 0 Å². The van der Waals surface area contributed by atoms with Gasteiger partial charge in [0.15, 0.2) is 0 Å². The van der Waals surface area contributed by atoms with E-state index in [-0.39, 0.29) is 25.3 Å². The van der Waals surface area contributed by atoms with Crippen molar-refractivity contribution in [2.24, 2.45) is 0 Å². The van der Waals surface area contributed by atoms with E-state index >= 15 is 0 Å². The van der Waals surface area contributed by atoms with Gasteiger partial charge >= 0.3 is 0 Å². The van der Waals surface area contributed by atoms with Crippen molar-refractivity contribution in [2.75, 3.05) is 32.8 Å². The fourth-order valence-electron chi connectivity index (χ4n) is 2.07. The molecule has 15 heavy (non-hydrogen) atoms. The Kier molecular flexibility index (Phi) is 6.17. The summed E-state index contributed by atoms with van der Waals surface area (Å²) < 4.78 is 0. The Hall–Kier alpha value is -0.160. The van der Waals surface area contributed by atoms with E-state index in [9.17, 15) is 5.11 Å². The Morgan fingerprint density at radius 2 is 2.07 bits per heavy atom. The Bertz CT molecular complexity index is 167. The first kappa shape index (κ1) is 12.9. The summed E-state index contributed by atoms with van der Waals surface area (Å²) in [6, 6.07) is 0.402. The standard InChI is InChI=1S/C11H24N2O2/c1-2-3-4-5-13-7-10(8-14)12-6-11(13)9-15/h10-12,14-15H,2-9H2,1H3. The van der Waals surface area contributed by atoms with Crippen LogP contribution in [0.4, 0.5) is 0 Å². The molecule has 1 aliphatic heterocycles. The third kappa shape index (κ3) is 4.07. The van der Waals surface area contributed by atoms with Gasteiger partial charge in [-0.3, -0.25) is 4.90 Å². The summed E-state index contributed by atoms with van der Waals surface area (Å²) in [7, 11) is 0. The topological polar surface area (TPSA) is 55.7 Å². The van der Waals surface area contributed by atoms with Crippen LogP contribution in [0.5, 0.6) is 0 Å². The highest BCUT2D eigenvalue weighted by atomic mass is 16.3. The molecule has 0 bridgehead atoms. The van der Waals surface area contributed by atoms with Crippen molar-refractivity contribution in [3.05, 3.63) is 0 Å². The number of hydrogen-bond acceptors (Lipinski definition) is 4. The van der Waals surface area contributed by atoms with Crippen LogP contribution in [0.1, 0.15) is 26.2 Å². The summed E-state index contributed by atoms with van der Waals surface area (Å²) >= 11 is 0. The number of rotatable bonds is 6. The van der Waals surface area contributed by atoms with Crippen molar-refractivity contribution < 1.29 is 10.2 Å². The van der Waals surface area contributed by atoms with Crippen LogP contribution < -0.4 is 5.32 Å². The molecule has 0 amide bonds. The van der Waals surface area contributed by atoms with E-state index in [4.69, 9.17) is 5.11 Å². The molecule has 1 aliphatic rings. The maximum atomic E-state index is 9.23. The first-order chi connectivity index (χ1) is 7.31. The Balaban J connectivity index is 2.33. The molecule has 0 aromatic rings. The molecule has 1 rings (SSSR count). The van der Waals surface area contributed by atoms with Crippen LogP contribution in [0.15, 0.2) is 0 Å². The molecule has 0 aromatic heterocycles. The van der Waals surface area contributed by atoms with Gasteiger partial charge < -0.3 is 15.5 Å². The normalized spacial score (nSPS) is 28.2. The SMILES string of the molecule is CCCCCN1CC(CO)NCC1CO. The number of aliphatic hydroxyl groups excluding tert-OH is 2. The molecule has 4 nitrogen and oxygen atoms in total. The molecule has 0 radical (unpaired) electrons. The van der Waals surface area contributed by atoms with Crippen LogP contribution in [-0.4, -0.2) is 60.0 Å². The zero-order chi connectivity index (χ0) is 11.1. The molecule has 0 saturated carbocycles. The van der Waals surface area contributed by atoms with Gasteiger partial charge in [-0.1, -0.05) is 19.8 Å². The summed E-state index contributed by atoms with van der Waals surface area (Å²) in [6.07, 6.45) is 3.65. The third-order valence-corrected chi connectivity index (χ3v) is 3.09. The molecule has 2 unspecified atom stereocenters. The first-order valence-electron chi connectivity index (χ1n) is 6.01. The van der Waals surface area contributed by atoms with Gasteiger partial charge in [0.1, 0.15) is 0 Å². The highest BCUT2D eigenvalue weighted by Crippen LogP contribution is 2.08. The summed E-state index contributed by atoms with van der Waals surface area (Å²) in [5.74, 6) is 0. The first-order valence-corrected chi connectivity index (χ1v) is 6.01. The predicted molar refractivity (Wildman–Crippen MR) is 60.8 cm³/mol. The molecule has 0 spiro atoms. The van der Waals surface area contributed by atoms with Crippen LogP contribution in [0.25, 0.3) is 0 Å². The molecule has 1 fully saturated rings. The van der Waals surface area contributed by atoms with Crippen molar-refractivity contribution in [1.82, 2.24) is 10.2 Å². The minimum Gasteiger partial charge on any atom is -0.395 e. The zero-order valence-electron chi connectivity index (χ0n) is 9.65. The molecule has 1 saturated heterocycles. The van der Waals surface area contributed by atoms with Crippen molar-refractivity contribution in [3.63, 3.8) is 0 Å². The smallest absolute Gasteiger partial charge is 0.0599 e. The maximum absolute atomic E-state index is 9.23. The van der Waals surface area contributed by atoms with E-state index in [0.717, 1.165) is 19.6 Å². The average Bonchev–Trinajstić information content (AvgIpc) is 2.29. The van der Waals surface area contributed by atoms with Gasteiger partial charge in [0, 0.05) is 25.2 Å². The number of nitrogens with one attached hydrogen (secondary N) is 1. The fraction of sp³-hybridized carbons (Fsp3) is 1.00. The van der Waals surface area contributed by atoms with Gasteiger partial charge in [0.2, 0.25) is 0 Å². The summed E-state index contributed by atoms with van der Waals surface area (Å²) in [6.45, 7) is 5.26. The molecular weight excluding hydrogens is 192 g/mol. The molecule has 2 atom stereocenters. The number of piperazine rings is 1. The van der Waals surface area contributed by atoms with Crippen molar-refractivity contribution in [2.45, 2.75) is 38.3 Å². The molecule has 90 valence electrons. The zero-order valence-corrected chi connectivity index (χ0v) is 9.65. The largest absolute Gasteiger partial charge is 0.395 e. The van der Waals surface area contributed by atoms with Gasteiger partial charge in [-0.05, 0) is 13.0 Å². The van der Waals surface area contributed by atoms with E-state index in [1.807, 2.05) is 0 Å². The molecule has 0 aliphatic carbocycles. The molecular formula is C11H24N2O2. The molecule has 4 heteroatoms. The maximum Gasteiger partial charge on any atom is 0.0599 e. The fourth-order valence-corrected chi connectivity index (χ4v) is 2.07. The number of aliphatic hydroxyl groups is 2. The van der Waals surface area contributed by atoms with Gasteiger partial charge in [0.05, 0.1) is 13.2 Å². The third-order valence-electron chi connectivity index (χ3n) is 3.09. The number of nitrogens with zero attached hydrogens (tertiary/aromatic N) is 1. The van der Waals surface area contributed by atoms with E-state index in [0.29, 0.717) is 0 Å². The number of hydrogen-bond donors (Lipinski definition) is 3. The summed E-state index contributed by atoms with van der Waals surface area (Å²) in [5.41, 5.74) is 0. The second-order valence-corrected chi connectivity index (χ2v) is 4.33. The van der Waals surface area contributed by atoms with Gasteiger partial charge in [0.25, 0.3) is 0 Å². The van der Waals surface area contributed by atoms with E-state index in [2.05, 4.69) is 17.1 Å². The Morgan fingerprint density at radius 3 is 2.67 bits per heavy atom. The minimum absolute atomic E-state index is 0.175. The molecule has 0 aromatic carbocycles. The lowest BCUT2D eigenvalue weighted by Crippen LogP contribution is -2.58. The average molecular weight is 216 g/mol.